The first-order valence-electron chi connectivity index (χ1n) is 11.6. The summed E-state index contributed by atoms with van der Waals surface area (Å²) < 4.78 is 7.17. The third-order valence-corrected chi connectivity index (χ3v) is 7.30. The lowest BCUT2D eigenvalue weighted by Crippen LogP contribution is -2.28. The van der Waals surface area contributed by atoms with Crippen LogP contribution < -0.4 is 5.56 Å². The fourth-order valence-electron chi connectivity index (χ4n) is 4.42. The van der Waals surface area contributed by atoms with Gasteiger partial charge in [0, 0.05) is 30.2 Å². The minimum atomic E-state index is -0.630. The van der Waals surface area contributed by atoms with Gasteiger partial charge < -0.3 is 9.64 Å². The number of thiazole rings is 1. The first kappa shape index (κ1) is 23.0. The molecule has 2 heterocycles. The van der Waals surface area contributed by atoms with Gasteiger partial charge in [-0.15, -0.1) is 11.3 Å². The number of benzene rings is 2. The van der Waals surface area contributed by atoms with Crippen LogP contribution in [0, 0.1) is 0 Å². The number of carbonyl (C=O) groups excluding carboxylic acids is 2. The average molecular weight is 488 g/mol. The number of hydrogen-bond acceptors (Lipinski definition) is 6. The molecular weight excluding hydrogens is 462 g/mol. The Balaban J connectivity index is 1.32. The molecule has 0 saturated heterocycles. The Morgan fingerprint density at radius 1 is 1.03 bits per heavy atom. The summed E-state index contributed by atoms with van der Waals surface area (Å²) >= 11 is 1.53. The van der Waals surface area contributed by atoms with Crippen LogP contribution in [0.2, 0.25) is 0 Å². The molecule has 0 unspecified atom stereocenters. The Labute approximate surface area is 206 Å². The van der Waals surface area contributed by atoms with Crippen LogP contribution >= 0.6 is 11.3 Å². The second-order valence-electron chi connectivity index (χ2n) is 8.65. The van der Waals surface area contributed by atoms with Crippen molar-refractivity contribution in [1.82, 2.24) is 14.3 Å². The molecule has 1 aliphatic rings. The fraction of sp³-hybridized carbons (Fsp3) is 0.259. The molecule has 1 amide bonds. The molecule has 0 saturated carbocycles. The largest absolute Gasteiger partial charge is 0.456 e. The van der Waals surface area contributed by atoms with Crippen LogP contribution in [0.15, 0.2) is 65.5 Å². The normalized spacial score (nSPS) is 12.8. The number of hydrogen-bond donors (Lipinski definition) is 0. The number of fused-ring (bicyclic) bond motifs is 3. The number of ether oxygens (including phenoxy) is 1. The SMILES string of the molecule is CN(Cc1ccccc1)C(=O)c1ccccc1C(=O)OCc1cc(=O)n2c3c(sc2n1)CCCC3. The second-order valence-corrected chi connectivity index (χ2v) is 9.71. The maximum atomic E-state index is 13.1. The van der Waals surface area contributed by atoms with Crippen molar-refractivity contribution in [3.63, 3.8) is 0 Å². The molecule has 4 aromatic rings. The predicted molar refractivity (Wildman–Crippen MR) is 134 cm³/mol. The zero-order valence-electron chi connectivity index (χ0n) is 19.4. The molecule has 178 valence electrons. The topological polar surface area (TPSA) is 81.0 Å². The molecule has 0 atom stereocenters. The lowest BCUT2D eigenvalue weighted by atomic mass is 10.0. The number of aromatic nitrogens is 2. The van der Waals surface area contributed by atoms with E-state index in [4.69, 9.17) is 4.74 Å². The zero-order valence-corrected chi connectivity index (χ0v) is 20.2. The standard InChI is InChI=1S/C27H25N3O4S/c1-29(16-18-9-3-2-4-10-18)25(32)20-11-5-6-12-21(20)26(33)34-17-19-15-24(31)30-22-13-7-8-14-23(22)35-27(30)28-19/h2-6,9-12,15H,7-8,13-14,16-17H2,1H3. The highest BCUT2D eigenvalue weighted by Gasteiger charge is 2.22. The van der Waals surface area contributed by atoms with Gasteiger partial charge in [0.05, 0.1) is 16.8 Å². The summed E-state index contributed by atoms with van der Waals surface area (Å²) in [5.41, 5.74) is 2.74. The van der Waals surface area contributed by atoms with Crippen LogP contribution in [0.4, 0.5) is 0 Å². The summed E-state index contributed by atoms with van der Waals surface area (Å²) in [6.07, 6.45) is 4.05. The van der Waals surface area contributed by atoms with Crippen molar-refractivity contribution in [3.05, 3.63) is 104 Å². The van der Waals surface area contributed by atoms with Crippen molar-refractivity contribution >= 4 is 28.2 Å². The first-order valence-corrected chi connectivity index (χ1v) is 12.4. The van der Waals surface area contributed by atoms with E-state index in [1.165, 1.54) is 22.3 Å². The Morgan fingerprint density at radius 2 is 1.74 bits per heavy atom. The van der Waals surface area contributed by atoms with Gasteiger partial charge >= 0.3 is 5.97 Å². The summed E-state index contributed by atoms with van der Waals surface area (Å²) in [6.45, 7) is 0.275. The summed E-state index contributed by atoms with van der Waals surface area (Å²) in [5.74, 6) is -0.905. The minimum Gasteiger partial charge on any atom is -0.456 e. The lowest BCUT2D eigenvalue weighted by Gasteiger charge is -2.19. The Hall–Kier alpha value is -3.78. The summed E-state index contributed by atoms with van der Waals surface area (Å²) in [5, 5.41) is 0. The van der Waals surface area contributed by atoms with Gasteiger partial charge in [-0.1, -0.05) is 42.5 Å². The van der Waals surface area contributed by atoms with E-state index in [0.29, 0.717) is 17.2 Å². The molecular formula is C27H25N3O4S. The van der Waals surface area contributed by atoms with Crippen LogP contribution in [0.25, 0.3) is 4.96 Å². The minimum absolute atomic E-state index is 0.143. The third kappa shape index (κ3) is 4.74. The number of esters is 1. The molecule has 5 rings (SSSR count). The molecule has 1 aliphatic carbocycles. The van der Waals surface area contributed by atoms with E-state index < -0.39 is 5.97 Å². The monoisotopic (exact) mass is 487 g/mol. The van der Waals surface area contributed by atoms with Gasteiger partial charge in [0.25, 0.3) is 11.5 Å². The molecule has 7 nitrogen and oxygen atoms in total. The van der Waals surface area contributed by atoms with E-state index in [1.54, 1.807) is 40.6 Å². The molecule has 0 bridgehead atoms. The Morgan fingerprint density at radius 3 is 2.54 bits per heavy atom. The quantitative estimate of drug-likeness (QED) is 0.380. The highest BCUT2D eigenvalue weighted by atomic mass is 32.1. The van der Waals surface area contributed by atoms with Gasteiger partial charge in [-0.2, -0.15) is 0 Å². The van der Waals surface area contributed by atoms with Gasteiger partial charge in [0.1, 0.15) is 6.61 Å². The summed E-state index contributed by atoms with van der Waals surface area (Å²) in [6, 6.07) is 17.7. The number of aryl methyl sites for hydroxylation is 2. The number of amides is 1. The third-order valence-electron chi connectivity index (χ3n) is 6.15. The molecule has 0 aliphatic heterocycles. The molecule has 2 aromatic carbocycles. The first-order chi connectivity index (χ1) is 17.0. The van der Waals surface area contributed by atoms with Crippen molar-refractivity contribution < 1.29 is 14.3 Å². The van der Waals surface area contributed by atoms with Gasteiger partial charge in [-0.05, 0) is 43.4 Å². The Bertz CT molecular complexity index is 1460. The van der Waals surface area contributed by atoms with E-state index in [-0.39, 0.29) is 29.2 Å². The molecule has 0 spiro atoms. The van der Waals surface area contributed by atoms with E-state index in [9.17, 15) is 14.4 Å². The maximum absolute atomic E-state index is 13.1. The maximum Gasteiger partial charge on any atom is 0.339 e. The summed E-state index contributed by atoms with van der Waals surface area (Å²) in [7, 11) is 1.70. The van der Waals surface area contributed by atoms with E-state index >= 15 is 0 Å². The number of nitrogens with zero attached hydrogens (tertiary/aromatic N) is 3. The van der Waals surface area contributed by atoms with Gasteiger partial charge in [-0.25, -0.2) is 9.78 Å². The van der Waals surface area contributed by atoms with Crippen LogP contribution in [0.1, 0.15) is 55.4 Å². The molecule has 0 radical (unpaired) electrons. The van der Waals surface area contributed by atoms with Gasteiger partial charge in [0.15, 0.2) is 4.96 Å². The number of rotatable bonds is 6. The van der Waals surface area contributed by atoms with E-state index in [0.717, 1.165) is 36.9 Å². The number of carbonyl (C=O) groups is 2. The smallest absolute Gasteiger partial charge is 0.339 e. The van der Waals surface area contributed by atoms with E-state index in [2.05, 4.69) is 4.98 Å². The van der Waals surface area contributed by atoms with Crippen LogP contribution in [-0.2, 0) is 30.7 Å². The molecule has 8 heteroatoms. The van der Waals surface area contributed by atoms with Crippen LogP contribution in [0.5, 0.6) is 0 Å². The highest BCUT2D eigenvalue weighted by Crippen LogP contribution is 2.28. The van der Waals surface area contributed by atoms with Crippen LogP contribution in [-0.4, -0.2) is 33.2 Å². The second kappa shape index (κ2) is 9.84. The molecule has 0 N–H and O–H groups in total. The molecule has 2 aromatic heterocycles. The van der Waals surface area contributed by atoms with Gasteiger partial charge in [-0.3, -0.25) is 14.0 Å². The average Bonchev–Trinajstić information content (AvgIpc) is 3.26. The summed E-state index contributed by atoms with van der Waals surface area (Å²) in [4.78, 5) is 46.8. The molecule has 0 fully saturated rings. The Kier molecular flexibility index (Phi) is 6.46. The lowest BCUT2D eigenvalue weighted by molar-refractivity contribution is 0.0462. The van der Waals surface area contributed by atoms with E-state index in [1.807, 2.05) is 30.3 Å². The van der Waals surface area contributed by atoms with Crippen molar-refractivity contribution in [2.75, 3.05) is 7.05 Å². The van der Waals surface area contributed by atoms with Crippen molar-refractivity contribution in [3.8, 4) is 0 Å². The van der Waals surface area contributed by atoms with Crippen molar-refractivity contribution in [2.24, 2.45) is 0 Å². The molecule has 35 heavy (non-hydrogen) atoms. The van der Waals surface area contributed by atoms with Crippen molar-refractivity contribution in [1.29, 1.82) is 0 Å². The van der Waals surface area contributed by atoms with Crippen molar-refractivity contribution in [2.45, 2.75) is 38.8 Å². The van der Waals surface area contributed by atoms with Crippen LogP contribution in [0.3, 0.4) is 0 Å². The van der Waals surface area contributed by atoms with Gasteiger partial charge in [0.2, 0.25) is 0 Å². The predicted octanol–water partition coefficient (Wildman–Crippen LogP) is 4.26. The highest BCUT2D eigenvalue weighted by molar-refractivity contribution is 7.17. The zero-order chi connectivity index (χ0) is 24.4. The fourth-order valence-corrected chi connectivity index (χ4v) is 5.65.